The summed E-state index contributed by atoms with van der Waals surface area (Å²) < 4.78 is 6.31. The van der Waals surface area contributed by atoms with Crippen molar-refractivity contribution in [3.8, 4) is 0 Å². The number of hydrogen-bond acceptors (Lipinski definition) is 6. The van der Waals surface area contributed by atoms with Crippen LogP contribution < -0.4 is 4.90 Å². The lowest BCUT2D eigenvalue weighted by Gasteiger charge is -2.45. The molecule has 0 aliphatic carbocycles. The van der Waals surface area contributed by atoms with E-state index in [2.05, 4.69) is 6.07 Å². The second-order valence-corrected chi connectivity index (χ2v) is 11.1. The lowest BCUT2D eigenvalue weighted by molar-refractivity contribution is -0.137. The zero-order chi connectivity index (χ0) is 23.9. The lowest BCUT2D eigenvalue weighted by Crippen LogP contribution is -2.55. The van der Waals surface area contributed by atoms with Crippen molar-refractivity contribution in [2.24, 2.45) is 0 Å². The van der Waals surface area contributed by atoms with E-state index in [0.717, 1.165) is 37.1 Å². The van der Waals surface area contributed by atoms with Gasteiger partial charge in [0.2, 0.25) is 5.91 Å². The predicted molar refractivity (Wildman–Crippen MR) is 143 cm³/mol. The highest BCUT2D eigenvalue weighted by molar-refractivity contribution is 8.32. The SMILES string of the molecule is CCOC(=O)C1=C(c2ccccc2)S/C(=C2\C(=S)C(C)(C)N(C(C)=O)c3ccc(C)cc32)S1. The second kappa shape index (κ2) is 9.12. The average molecular weight is 496 g/mol. The molecule has 0 atom stereocenters. The van der Waals surface area contributed by atoms with E-state index in [4.69, 9.17) is 17.0 Å². The highest BCUT2D eigenvalue weighted by Crippen LogP contribution is 2.58. The number of amides is 1. The number of carbonyl (C=O) groups is 2. The normalized spacial score (nSPS) is 19.5. The Morgan fingerprint density at radius 2 is 1.79 bits per heavy atom. The summed E-state index contributed by atoms with van der Waals surface area (Å²) in [4.78, 5) is 29.4. The van der Waals surface area contributed by atoms with Gasteiger partial charge in [0, 0.05) is 23.0 Å². The molecular weight excluding hydrogens is 470 g/mol. The van der Waals surface area contributed by atoms with Crippen LogP contribution in [0.15, 0.2) is 57.7 Å². The Morgan fingerprint density at radius 1 is 1.09 bits per heavy atom. The van der Waals surface area contributed by atoms with Gasteiger partial charge in [-0.05, 0) is 45.4 Å². The van der Waals surface area contributed by atoms with Crippen LogP contribution in [0.3, 0.4) is 0 Å². The molecule has 7 heteroatoms. The van der Waals surface area contributed by atoms with Crippen LogP contribution in [0.1, 0.15) is 44.4 Å². The molecule has 2 aliphatic heterocycles. The molecule has 2 aliphatic rings. The van der Waals surface area contributed by atoms with Gasteiger partial charge in [-0.1, -0.05) is 77.7 Å². The molecule has 2 aromatic carbocycles. The highest BCUT2D eigenvalue weighted by Gasteiger charge is 2.44. The number of ether oxygens (including phenoxy) is 1. The Bertz CT molecular complexity index is 1230. The molecule has 0 saturated carbocycles. The summed E-state index contributed by atoms with van der Waals surface area (Å²) in [7, 11) is 0. The van der Waals surface area contributed by atoms with Crippen LogP contribution in [0.25, 0.3) is 10.5 Å². The summed E-state index contributed by atoms with van der Waals surface area (Å²) in [5.41, 5.74) is 4.02. The Morgan fingerprint density at radius 3 is 2.42 bits per heavy atom. The van der Waals surface area contributed by atoms with Gasteiger partial charge in [0.25, 0.3) is 0 Å². The Labute approximate surface area is 208 Å². The first kappa shape index (κ1) is 23.8. The summed E-state index contributed by atoms with van der Waals surface area (Å²) in [5.74, 6) is -0.390. The molecule has 2 heterocycles. The fourth-order valence-electron chi connectivity index (χ4n) is 4.15. The summed E-state index contributed by atoms with van der Waals surface area (Å²) in [6, 6.07) is 15.9. The van der Waals surface area contributed by atoms with Crippen LogP contribution in [0.2, 0.25) is 0 Å². The van der Waals surface area contributed by atoms with E-state index in [9.17, 15) is 9.59 Å². The summed E-state index contributed by atoms with van der Waals surface area (Å²) in [6.45, 7) is 9.66. The van der Waals surface area contributed by atoms with Crippen molar-refractivity contribution in [3.63, 3.8) is 0 Å². The molecule has 2 aromatic rings. The van der Waals surface area contributed by atoms with E-state index >= 15 is 0 Å². The molecule has 0 fully saturated rings. The average Bonchev–Trinajstić information content (AvgIpc) is 3.20. The summed E-state index contributed by atoms with van der Waals surface area (Å²) in [5, 5.41) is 0. The van der Waals surface area contributed by atoms with Gasteiger partial charge in [0.05, 0.1) is 26.9 Å². The van der Waals surface area contributed by atoms with Gasteiger partial charge in [-0.2, -0.15) is 0 Å². The molecule has 0 radical (unpaired) electrons. The number of aryl methyl sites for hydroxylation is 1. The van der Waals surface area contributed by atoms with Crippen molar-refractivity contribution in [1.82, 2.24) is 0 Å². The van der Waals surface area contributed by atoms with Crippen LogP contribution >= 0.6 is 35.7 Å². The van der Waals surface area contributed by atoms with Crippen molar-refractivity contribution in [2.75, 3.05) is 11.5 Å². The van der Waals surface area contributed by atoms with Gasteiger partial charge in [-0.25, -0.2) is 4.79 Å². The van der Waals surface area contributed by atoms with Crippen LogP contribution in [0.5, 0.6) is 0 Å². The minimum Gasteiger partial charge on any atom is -0.462 e. The lowest BCUT2D eigenvalue weighted by atomic mass is 9.83. The minimum absolute atomic E-state index is 0.0569. The maximum Gasteiger partial charge on any atom is 0.346 e. The van der Waals surface area contributed by atoms with Gasteiger partial charge in [0.1, 0.15) is 4.91 Å². The molecule has 4 nitrogen and oxygen atoms in total. The van der Waals surface area contributed by atoms with Gasteiger partial charge >= 0.3 is 5.97 Å². The van der Waals surface area contributed by atoms with Gasteiger partial charge in [-0.3, -0.25) is 4.79 Å². The summed E-state index contributed by atoms with van der Waals surface area (Å²) >= 11 is 8.97. The molecule has 4 rings (SSSR count). The number of nitrogens with zero attached hydrogens (tertiary/aromatic N) is 1. The Hall–Kier alpha value is -2.35. The second-order valence-electron chi connectivity index (χ2n) is 8.37. The van der Waals surface area contributed by atoms with Gasteiger partial charge in [-0.15, -0.1) is 0 Å². The predicted octanol–water partition coefficient (Wildman–Crippen LogP) is 6.59. The largest absolute Gasteiger partial charge is 0.462 e. The fourth-order valence-corrected chi connectivity index (χ4v) is 7.28. The van der Waals surface area contributed by atoms with Crippen LogP contribution in [-0.4, -0.2) is 28.9 Å². The van der Waals surface area contributed by atoms with E-state index in [0.29, 0.717) is 16.4 Å². The number of carbonyl (C=O) groups excluding carboxylic acids is 2. The number of anilines is 1. The quantitative estimate of drug-likeness (QED) is 0.272. The maximum atomic E-state index is 12.9. The van der Waals surface area contributed by atoms with E-state index in [-0.39, 0.29) is 11.9 Å². The first-order chi connectivity index (χ1) is 15.7. The molecule has 0 spiro atoms. The number of thioether (sulfide) groups is 2. The topological polar surface area (TPSA) is 46.6 Å². The van der Waals surface area contributed by atoms with Gasteiger partial charge < -0.3 is 9.64 Å². The van der Waals surface area contributed by atoms with E-state index < -0.39 is 5.54 Å². The smallest absolute Gasteiger partial charge is 0.346 e. The summed E-state index contributed by atoms with van der Waals surface area (Å²) in [6.07, 6.45) is 0. The number of rotatable bonds is 3. The molecule has 0 unspecified atom stereocenters. The molecule has 1 amide bonds. The monoisotopic (exact) mass is 495 g/mol. The molecule has 0 saturated heterocycles. The first-order valence-corrected chi connectivity index (χ1v) is 12.7. The number of fused-ring (bicyclic) bond motifs is 1. The molecule has 0 bridgehead atoms. The molecular formula is C26H25NO3S3. The zero-order valence-corrected chi connectivity index (χ0v) is 21.7. The third-order valence-electron chi connectivity index (χ3n) is 5.62. The number of esters is 1. The highest BCUT2D eigenvalue weighted by atomic mass is 32.2. The third kappa shape index (κ3) is 4.18. The molecule has 33 heavy (non-hydrogen) atoms. The number of thiocarbonyl (C=S) groups is 1. The van der Waals surface area contributed by atoms with Crippen molar-refractivity contribution < 1.29 is 14.3 Å². The standard InChI is InChI=1S/C26H25NO3S3/c1-6-30-24(29)22-21(17-10-8-7-9-11-17)32-25(33-22)20-18-14-15(2)12-13-19(18)27(16(3)28)26(4,5)23(20)31/h7-14H,6H2,1-5H3/b25-20+. The van der Waals surface area contributed by atoms with Crippen LogP contribution in [0.4, 0.5) is 5.69 Å². The van der Waals surface area contributed by atoms with Gasteiger partial charge in [0.15, 0.2) is 0 Å². The molecule has 0 aromatic heterocycles. The fraction of sp³-hybridized carbons (Fsp3) is 0.269. The zero-order valence-electron chi connectivity index (χ0n) is 19.2. The van der Waals surface area contributed by atoms with Crippen molar-refractivity contribution in [2.45, 2.75) is 40.2 Å². The van der Waals surface area contributed by atoms with Crippen molar-refractivity contribution >= 4 is 68.6 Å². The molecule has 170 valence electrons. The Balaban J connectivity index is 1.93. The minimum atomic E-state index is -0.688. The van der Waals surface area contributed by atoms with Crippen molar-refractivity contribution in [1.29, 1.82) is 0 Å². The van der Waals surface area contributed by atoms with Crippen LogP contribution in [-0.2, 0) is 14.3 Å². The van der Waals surface area contributed by atoms with Crippen LogP contribution in [0, 0.1) is 6.92 Å². The Kier molecular flexibility index (Phi) is 6.58. The van der Waals surface area contributed by atoms with E-state index in [1.807, 2.05) is 63.2 Å². The third-order valence-corrected chi connectivity index (χ3v) is 8.95. The number of hydrogen-bond donors (Lipinski definition) is 0. The van der Waals surface area contributed by atoms with Crippen molar-refractivity contribution in [3.05, 3.63) is 74.4 Å². The van der Waals surface area contributed by atoms with E-state index in [1.54, 1.807) is 30.5 Å². The first-order valence-electron chi connectivity index (χ1n) is 10.7. The molecule has 0 N–H and O–H groups in total. The van der Waals surface area contributed by atoms with E-state index in [1.165, 1.54) is 11.8 Å². The maximum absolute atomic E-state index is 12.9. The number of benzene rings is 2.